The Morgan fingerprint density at radius 1 is 0.519 bits per heavy atom. The molecule has 9 aromatic rings. The van der Waals surface area contributed by atoms with Crippen molar-refractivity contribution in [1.29, 1.82) is 0 Å². The summed E-state index contributed by atoms with van der Waals surface area (Å²) in [5, 5.41) is 4.73. The van der Waals surface area contributed by atoms with Crippen molar-refractivity contribution in [3.63, 3.8) is 0 Å². The van der Waals surface area contributed by atoms with Crippen LogP contribution in [-0.2, 0) is 5.41 Å². The van der Waals surface area contributed by atoms with E-state index in [4.69, 9.17) is 4.42 Å². The van der Waals surface area contributed by atoms with Crippen LogP contribution in [0.1, 0.15) is 40.7 Å². The van der Waals surface area contributed by atoms with Crippen LogP contribution in [0.4, 0.5) is 16.4 Å². The van der Waals surface area contributed by atoms with Crippen LogP contribution in [0.15, 0.2) is 193 Å². The molecule has 0 atom stereocenters. The minimum atomic E-state index is -0.502. The van der Waals surface area contributed by atoms with E-state index in [2.05, 4.69) is 187 Å². The number of fused-ring (bicyclic) bond motifs is 7. The minimum Gasteiger partial charge on any atom is -0.456 e. The van der Waals surface area contributed by atoms with Gasteiger partial charge >= 0.3 is 0 Å². The van der Waals surface area contributed by atoms with Crippen molar-refractivity contribution in [2.45, 2.75) is 18.3 Å². The van der Waals surface area contributed by atoms with Crippen molar-refractivity contribution in [1.82, 2.24) is 0 Å². The van der Waals surface area contributed by atoms with Gasteiger partial charge in [0.05, 0.1) is 5.41 Å². The number of thiophene rings is 1. The summed E-state index contributed by atoms with van der Waals surface area (Å²) in [7, 11) is 0. The molecule has 2 aromatic heterocycles. The lowest BCUT2D eigenvalue weighted by atomic mass is 9.67. The summed E-state index contributed by atoms with van der Waals surface area (Å²) in [4.78, 5) is 2.51. The third-order valence-corrected chi connectivity index (χ3v) is 12.5. The van der Waals surface area contributed by atoms with E-state index >= 15 is 0 Å². The molecule has 11 rings (SSSR count). The van der Waals surface area contributed by atoms with Crippen LogP contribution < -0.4 is 4.90 Å². The van der Waals surface area contributed by atoms with Gasteiger partial charge in [-0.25, -0.2) is 0 Å². The molecular formula is C51H35NOS. The predicted molar refractivity (Wildman–Crippen MR) is 227 cm³/mol. The molecule has 256 valence electrons. The summed E-state index contributed by atoms with van der Waals surface area (Å²) in [6.07, 6.45) is 9.16. The molecule has 0 radical (unpaired) electrons. The number of para-hydroxylation sites is 1. The van der Waals surface area contributed by atoms with Crippen LogP contribution in [0.5, 0.6) is 0 Å². The Morgan fingerprint density at radius 3 is 1.96 bits per heavy atom. The zero-order valence-corrected chi connectivity index (χ0v) is 30.4. The highest BCUT2D eigenvalue weighted by molar-refractivity contribution is 7.23. The largest absolute Gasteiger partial charge is 0.456 e. The fraction of sp³-hybridized carbons (Fsp3) is 0.0588. The van der Waals surface area contributed by atoms with Gasteiger partial charge < -0.3 is 9.32 Å². The fourth-order valence-electron chi connectivity index (χ4n) is 9.08. The lowest BCUT2D eigenvalue weighted by Gasteiger charge is -2.35. The van der Waals surface area contributed by atoms with Crippen LogP contribution in [0.3, 0.4) is 0 Å². The Labute approximate surface area is 318 Å². The minimum absolute atomic E-state index is 0.502. The van der Waals surface area contributed by atoms with Crippen LogP contribution in [-0.4, -0.2) is 0 Å². The van der Waals surface area contributed by atoms with Gasteiger partial charge in [0.25, 0.3) is 0 Å². The summed E-state index contributed by atoms with van der Waals surface area (Å²) in [6.45, 7) is 0. The van der Waals surface area contributed by atoms with Crippen LogP contribution in [0, 0.1) is 0 Å². The standard InChI is InChI=1S/C51H35NOS/c1-4-16-34(17-5-1)49-42-24-12-15-27-48(42)54-50(49)52(37-29-31-47-43(32-37)41-23-11-14-26-46(41)53-47)38-28-30-40-39-22-10-13-25-44(39)51(45(40)33-38,35-18-6-2-7-19-35)36-20-8-3-9-21-36/h2-4,6-33H,1,5H2. The summed E-state index contributed by atoms with van der Waals surface area (Å²) < 4.78 is 7.63. The first-order valence-electron chi connectivity index (χ1n) is 18.7. The fourth-order valence-corrected chi connectivity index (χ4v) is 10.3. The van der Waals surface area contributed by atoms with Gasteiger partial charge in [0.1, 0.15) is 16.2 Å². The van der Waals surface area contributed by atoms with Gasteiger partial charge in [0, 0.05) is 37.8 Å². The smallest absolute Gasteiger partial charge is 0.135 e. The molecule has 7 aromatic carbocycles. The molecule has 0 fully saturated rings. The second-order valence-electron chi connectivity index (χ2n) is 14.3. The number of rotatable bonds is 6. The van der Waals surface area contributed by atoms with Gasteiger partial charge in [-0.15, -0.1) is 11.3 Å². The number of hydrogen-bond donors (Lipinski definition) is 0. The lowest BCUT2D eigenvalue weighted by Crippen LogP contribution is -2.28. The first-order chi connectivity index (χ1) is 26.8. The topological polar surface area (TPSA) is 16.4 Å². The zero-order chi connectivity index (χ0) is 35.6. The summed E-state index contributed by atoms with van der Waals surface area (Å²) in [5.74, 6) is 0. The summed E-state index contributed by atoms with van der Waals surface area (Å²) >= 11 is 1.87. The molecule has 0 unspecified atom stereocenters. The zero-order valence-electron chi connectivity index (χ0n) is 29.6. The van der Waals surface area contributed by atoms with E-state index in [-0.39, 0.29) is 0 Å². The average Bonchev–Trinajstić information content (AvgIpc) is 3.90. The molecule has 2 heterocycles. The van der Waals surface area contributed by atoms with E-state index in [1.54, 1.807) is 0 Å². The number of nitrogens with zero attached hydrogens (tertiary/aromatic N) is 1. The molecule has 0 spiro atoms. The molecule has 0 bridgehead atoms. The second-order valence-corrected chi connectivity index (χ2v) is 15.3. The maximum atomic E-state index is 6.35. The van der Waals surface area contributed by atoms with E-state index in [9.17, 15) is 0 Å². The number of furan rings is 1. The number of allylic oxidation sites excluding steroid dienone is 4. The molecule has 0 amide bonds. The predicted octanol–water partition coefficient (Wildman–Crippen LogP) is 14.4. The Balaban J connectivity index is 1.23. The SMILES string of the molecule is C1=CC(c2c(N(c3ccc4c(c3)C(c3ccccc3)(c3ccccc3)c3ccccc3-4)c3ccc4oc5ccccc5c4c3)sc3ccccc23)=CCC1. The lowest BCUT2D eigenvalue weighted by molar-refractivity contribution is 0.669. The first kappa shape index (κ1) is 31.1. The maximum Gasteiger partial charge on any atom is 0.135 e. The van der Waals surface area contributed by atoms with Crippen molar-refractivity contribution in [3.05, 3.63) is 216 Å². The monoisotopic (exact) mass is 709 g/mol. The van der Waals surface area contributed by atoms with Crippen molar-refractivity contribution >= 4 is 65.3 Å². The summed E-state index contributed by atoms with van der Waals surface area (Å²) in [6, 6.07) is 62.2. The molecule has 54 heavy (non-hydrogen) atoms. The Bertz CT molecular complexity index is 2910. The molecule has 0 N–H and O–H groups in total. The third-order valence-electron chi connectivity index (χ3n) is 11.4. The van der Waals surface area contributed by atoms with E-state index in [0.29, 0.717) is 0 Å². The quantitative estimate of drug-likeness (QED) is 0.171. The highest BCUT2D eigenvalue weighted by Gasteiger charge is 2.46. The maximum absolute atomic E-state index is 6.35. The van der Waals surface area contributed by atoms with Gasteiger partial charge in [-0.05, 0) is 94.3 Å². The normalized spacial score (nSPS) is 14.3. The van der Waals surface area contributed by atoms with Gasteiger partial charge in [-0.2, -0.15) is 0 Å². The highest BCUT2D eigenvalue weighted by Crippen LogP contribution is 2.58. The number of anilines is 3. The van der Waals surface area contributed by atoms with Crippen molar-refractivity contribution < 1.29 is 4.42 Å². The molecule has 2 nitrogen and oxygen atoms in total. The molecular weight excluding hydrogens is 675 g/mol. The average molecular weight is 710 g/mol. The van der Waals surface area contributed by atoms with Crippen molar-refractivity contribution in [2.24, 2.45) is 0 Å². The van der Waals surface area contributed by atoms with Gasteiger partial charge in [0.15, 0.2) is 0 Å². The number of hydrogen-bond acceptors (Lipinski definition) is 3. The Morgan fingerprint density at radius 2 is 1.17 bits per heavy atom. The Hall–Kier alpha value is -6.42. The Kier molecular flexibility index (Phi) is 7.11. The van der Waals surface area contributed by atoms with E-state index in [0.717, 1.165) is 46.2 Å². The molecule has 0 saturated heterocycles. The third kappa shape index (κ3) is 4.58. The molecule has 2 aliphatic carbocycles. The molecule has 3 heteroatoms. The van der Waals surface area contributed by atoms with Crippen LogP contribution >= 0.6 is 11.3 Å². The summed E-state index contributed by atoms with van der Waals surface area (Å²) in [5.41, 5.74) is 13.8. The van der Waals surface area contributed by atoms with E-state index in [1.807, 2.05) is 17.4 Å². The van der Waals surface area contributed by atoms with Crippen LogP contribution in [0.2, 0.25) is 0 Å². The van der Waals surface area contributed by atoms with E-state index < -0.39 is 5.41 Å². The number of benzene rings is 7. The second kappa shape index (κ2) is 12.3. The van der Waals surface area contributed by atoms with Crippen LogP contribution in [0.25, 0.3) is 48.7 Å². The van der Waals surface area contributed by atoms with Gasteiger partial charge in [0.2, 0.25) is 0 Å². The first-order valence-corrected chi connectivity index (χ1v) is 19.6. The van der Waals surface area contributed by atoms with E-state index in [1.165, 1.54) is 59.6 Å². The molecule has 0 aliphatic heterocycles. The molecule has 2 aliphatic rings. The molecule has 0 saturated carbocycles. The highest BCUT2D eigenvalue weighted by atomic mass is 32.1. The van der Waals surface area contributed by atoms with Crippen molar-refractivity contribution in [2.75, 3.05) is 4.90 Å². The van der Waals surface area contributed by atoms with Crippen molar-refractivity contribution in [3.8, 4) is 11.1 Å². The van der Waals surface area contributed by atoms with Gasteiger partial charge in [-0.3, -0.25) is 0 Å². The van der Waals surface area contributed by atoms with Gasteiger partial charge in [-0.1, -0.05) is 146 Å².